The number of rotatable bonds is 9. The van der Waals surface area contributed by atoms with Gasteiger partial charge in [-0.05, 0) is 25.1 Å². The first-order valence-corrected chi connectivity index (χ1v) is 11.3. The second kappa shape index (κ2) is 11.1. The fourth-order valence-electron chi connectivity index (χ4n) is 3.32. The Morgan fingerprint density at radius 2 is 1.91 bits per heavy atom. The molecule has 6 unspecified atom stereocenters. The number of aliphatic hydroxyl groups excluding tert-OH is 3. The molecule has 1 fully saturated rings. The molecular formula is C22H24N2O10S. The lowest BCUT2D eigenvalue weighted by Crippen LogP contribution is -2.60. The van der Waals surface area contributed by atoms with Crippen LogP contribution < -0.4 is 4.74 Å². The summed E-state index contributed by atoms with van der Waals surface area (Å²) < 4.78 is 16.2. The predicted molar refractivity (Wildman–Crippen MR) is 119 cm³/mol. The smallest absolute Gasteiger partial charge is 0.347 e. The number of aromatic nitrogens is 1. The second-order valence-corrected chi connectivity index (χ2v) is 9.05. The molecule has 6 atom stereocenters. The fraction of sp³-hybridized carbons (Fsp3) is 0.455. The van der Waals surface area contributed by atoms with E-state index >= 15 is 0 Å². The average molecular weight is 509 g/mol. The summed E-state index contributed by atoms with van der Waals surface area (Å²) in [6.07, 6.45) is -8.44. The van der Waals surface area contributed by atoms with Crippen LogP contribution in [0.3, 0.4) is 0 Å². The van der Waals surface area contributed by atoms with Crippen molar-refractivity contribution in [1.29, 1.82) is 5.26 Å². The van der Waals surface area contributed by atoms with Gasteiger partial charge in [-0.3, -0.25) is 0 Å². The predicted octanol–water partition coefficient (Wildman–Crippen LogP) is 0.612. The van der Waals surface area contributed by atoms with E-state index in [0.717, 1.165) is 11.3 Å². The maximum atomic E-state index is 11.3. The van der Waals surface area contributed by atoms with Gasteiger partial charge < -0.3 is 39.7 Å². The number of aliphatic carboxylic acids is 1. The Labute approximate surface area is 203 Å². The normalized spacial score (nSPS) is 25.0. The molecule has 35 heavy (non-hydrogen) atoms. The molecule has 3 rings (SSSR count). The van der Waals surface area contributed by atoms with Crippen LogP contribution in [0.1, 0.15) is 27.9 Å². The number of hydrogen-bond donors (Lipinski definition) is 5. The summed E-state index contributed by atoms with van der Waals surface area (Å²) in [4.78, 5) is 26.8. The van der Waals surface area contributed by atoms with Crippen LogP contribution in [0.2, 0.25) is 0 Å². The summed E-state index contributed by atoms with van der Waals surface area (Å²) in [5.74, 6) is -2.59. The van der Waals surface area contributed by atoms with E-state index in [1.54, 1.807) is 32.0 Å². The molecular weight excluding hydrogens is 484 g/mol. The van der Waals surface area contributed by atoms with Crippen molar-refractivity contribution in [3.05, 3.63) is 34.3 Å². The molecule has 0 aliphatic carbocycles. The summed E-state index contributed by atoms with van der Waals surface area (Å²) in [7, 11) is 0. The van der Waals surface area contributed by atoms with Crippen molar-refractivity contribution >= 4 is 23.3 Å². The number of hydrogen-bond acceptors (Lipinski definition) is 11. The van der Waals surface area contributed by atoms with Crippen molar-refractivity contribution in [1.82, 2.24) is 4.98 Å². The van der Waals surface area contributed by atoms with E-state index in [2.05, 4.69) is 4.98 Å². The highest BCUT2D eigenvalue weighted by Crippen LogP contribution is 2.31. The molecule has 1 aromatic carbocycles. The zero-order valence-corrected chi connectivity index (χ0v) is 19.5. The Kier molecular flexibility index (Phi) is 8.39. The SMILES string of the molecule is Cc1nc(-c2ccc(OCC(C)COC3OC(C(=O)O)C(O)C(O)C3O)c(C#N)c2)sc1C(=O)O. The number of aliphatic hydroxyl groups is 3. The molecule has 0 spiro atoms. The van der Waals surface area contributed by atoms with E-state index in [1.807, 2.05) is 6.07 Å². The lowest BCUT2D eigenvalue weighted by atomic mass is 9.99. The minimum absolute atomic E-state index is 0.0484. The van der Waals surface area contributed by atoms with E-state index in [4.69, 9.17) is 19.3 Å². The molecule has 12 nitrogen and oxygen atoms in total. The lowest BCUT2D eigenvalue weighted by molar-refractivity contribution is -0.296. The Bertz CT molecular complexity index is 1130. The van der Waals surface area contributed by atoms with Gasteiger partial charge in [0.15, 0.2) is 12.4 Å². The molecule has 0 radical (unpaired) electrons. The minimum Gasteiger partial charge on any atom is -0.492 e. The van der Waals surface area contributed by atoms with Gasteiger partial charge in [0.2, 0.25) is 0 Å². The van der Waals surface area contributed by atoms with Crippen LogP contribution in [0.5, 0.6) is 5.75 Å². The molecule has 13 heteroatoms. The average Bonchev–Trinajstić information content (AvgIpc) is 3.22. The van der Waals surface area contributed by atoms with Gasteiger partial charge in [-0.1, -0.05) is 6.92 Å². The van der Waals surface area contributed by atoms with E-state index in [9.17, 15) is 35.3 Å². The molecule has 188 valence electrons. The molecule has 1 saturated heterocycles. The first-order valence-electron chi connectivity index (χ1n) is 10.5. The van der Waals surface area contributed by atoms with Crippen LogP contribution in [0.15, 0.2) is 18.2 Å². The van der Waals surface area contributed by atoms with Gasteiger partial charge in [-0.15, -0.1) is 11.3 Å². The Morgan fingerprint density at radius 1 is 1.20 bits per heavy atom. The van der Waals surface area contributed by atoms with Crippen LogP contribution in [0, 0.1) is 24.2 Å². The largest absolute Gasteiger partial charge is 0.492 e. The van der Waals surface area contributed by atoms with E-state index in [0.29, 0.717) is 16.3 Å². The van der Waals surface area contributed by atoms with E-state index in [-0.39, 0.29) is 35.3 Å². The summed E-state index contributed by atoms with van der Waals surface area (Å²) in [6, 6.07) is 6.81. The van der Waals surface area contributed by atoms with Gasteiger partial charge in [0.25, 0.3) is 0 Å². The first kappa shape index (κ1) is 26.5. The number of thiazole rings is 1. The number of benzene rings is 1. The van der Waals surface area contributed by atoms with Crippen LogP contribution in [-0.4, -0.2) is 86.4 Å². The number of aryl methyl sites for hydroxylation is 1. The summed E-state index contributed by atoms with van der Waals surface area (Å²) >= 11 is 1.01. The maximum Gasteiger partial charge on any atom is 0.347 e. The van der Waals surface area contributed by atoms with E-state index in [1.165, 1.54) is 0 Å². The van der Waals surface area contributed by atoms with Gasteiger partial charge in [-0.25, -0.2) is 14.6 Å². The quantitative estimate of drug-likeness (QED) is 0.317. The van der Waals surface area contributed by atoms with Crippen molar-refractivity contribution in [2.75, 3.05) is 13.2 Å². The van der Waals surface area contributed by atoms with Gasteiger partial charge in [0.1, 0.15) is 40.0 Å². The third-order valence-electron chi connectivity index (χ3n) is 5.22. The molecule has 1 aliphatic rings. The molecule has 1 aromatic heterocycles. The number of carboxylic acid groups (broad SMARTS) is 2. The van der Waals surface area contributed by atoms with Gasteiger partial charge >= 0.3 is 11.9 Å². The zero-order chi connectivity index (χ0) is 25.9. The van der Waals surface area contributed by atoms with Crippen LogP contribution in [0.25, 0.3) is 10.6 Å². The van der Waals surface area contributed by atoms with Crippen molar-refractivity contribution in [2.45, 2.75) is 44.6 Å². The number of carboxylic acids is 2. The monoisotopic (exact) mass is 508 g/mol. The summed E-state index contributed by atoms with van der Waals surface area (Å²) in [6.45, 7) is 3.37. The highest BCUT2D eigenvalue weighted by atomic mass is 32.1. The number of ether oxygens (including phenoxy) is 3. The minimum atomic E-state index is -1.81. The van der Waals surface area contributed by atoms with Gasteiger partial charge in [-0.2, -0.15) is 5.26 Å². The standard InChI is InChI=1S/C22H24N2O10S/c1-9(8-33-22-16(27)14(25)15(26)17(34-22)20(28)29)7-32-13-4-3-11(5-12(13)6-23)19-24-10(2)18(35-19)21(30)31/h3-5,9,14-17,22,25-27H,7-8H2,1-2H3,(H,28,29)(H,30,31). The fourth-order valence-corrected chi connectivity index (χ4v) is 4.22. The molecule has 2 heterocycles. The Morgan fingerprint density at radius 3 is 2.51 bits per heavy atom. The third kappa shape index (κ3) is 5.93. The number of carbonyl (C=O) groups is 2. The maximum absolute atomic E-state index is 11.3. The van der Waals surface area contributed by atoms with Crippen LogP contribution >= 0.6 is 11.3 Å². The van der Waals surface area contributed by atoms with Crippen LogP contribution in [-0.2, 0) is 14.3 Å². The molecule has 0 saturated carbocycles. The number of nitriles is 1. The molecule has 1 aliphatic heterocycles. The van der Waals surface area contributed by atoms with Crippen molar-refractivity contribution in [3.63, 3.8) is 0 Å². The molecule has 0 amide bonds. The highest BCUT2D eigenvalue weighted by molar-refractivity contribution is 7.17. The number of nitrogens with zero attached hydrogens (tertiary/aromatic N) is 2. The van der Waals surface area contributed by atoms with E-state index < -0.39 is 42.6 Å². The second-order valence-electron chi connectivity index (χ2n) is 8.05. The molecule has 5 N–H and O–H groups in total. The van der Waals surface area contributed by atoms with Crippen molar-refractivity contribution in [2.24, 2.45) is 5.92 Å². The van der Waals surface area contributed by atoms with Crippen LogP contribution in [0.4, 0.5) is 0 Å². The number of aromatic carboxylic acids is 1. The highest BCUT2D eigenvalue weighted by Gasteiger charge is 2.47. The molecule has 0 bridgehead atoms. The third-order valence-corrected chi connectivity index (χ3v) is 6.41. The van der Waals surface area contributed by atoms with Gasteiger partial charge in [0.05, 0.1) is 24.5 Å². The zero-order valence-electron chi connectivity index (χ0n) is 18.7. The Balaban J connectivity index is 1.60. The molecule has 2 aromatic rings. The summed E-state index contributed by atoms with van der Waals surface area (Å²) in [5.41, 5.74) is 1.17. The topological polar surface area (TPSA) is 200 Å². The summed E-state index contributed by atoms with van der Waals surface area (Å²) in [5, 5.41) is 57.9. The van der Waals surface area contributed by atoms with Crippen molar-refractivity contribution < 1.29 is 49.3 Å². The first-order chi connectivity index (χ1) is 16.5. The van der Waals surface area contributed by atoms with Crippen molar-refractivity contribution in [3.8, 4) is 22.4 Å². The Hall–Kier alpha value is -3.12. The van der Waals surface area contributed by atoms with Gasteiger partial charge in [0, 0.05) is 11.5 Å². The lowest BCUT2D eigenvalue weighted by Gasteiger charge is -2.38.